The maximum atomic E-state index is 12.0. The number of hydrogen-bond acceptors (Lipinski definition) is 4. The predicted molar refractivity (Wildman–Crippen MR) is 113 cm³/mol. The van der Waals surface area contributed by atoms with E-state index in [0.717, 1.165) is 58.2 Å². The van der Waals surface area contributed by atoms with Crippen molar-refractivity contribution in [3.8, 4) is 0 Å². The molecule has 3 rings (SSSR count). The standard InChI is InChI=1S/C21H35N3O2S/c1-17-7-6-9-21(18(17)2)23-15-11-19(12-16-23)22-13-10-20-8-4-5-14-24(20)27(3,25)26/h6-7,9,19-20,22H,4-5,8,10-16H2,1-3H3. The molecule has 1 N–H and O–H groups in total. The molecule has 0 spiro atoms. The zero-order chi connectivity index (χ0) is 19.4. The van der Waals surface area contributed by atoms with E-state index in [1.54, 1.807) is 4.31 Å². The normalized spacial score (nSPS) is 22.9. The van der Waals surface area contributed by atoms with Crippen LogP contribution in [-0.2, 0) is 10.0 Å². The Labute approximate surface area is 165 Å². The molecule has 2 fully saturated rings. The Kier molecular flexibility index (Phi) is 6.82. The summed E-state index contributed by atoms with van der Waals surface area (Å²) < 4.78 is 25.7. The minimum Gasteiger partial charge on any atom is -0.371 e. The van der Waals surface area contributed by atoms with Gasteiger partial charge >= 0.3 is 0 Å². The van der Waals surface area contributed by atoms with Gasteiger partial charge in [-0.1, -0.05) is 18.6 Å². The van der Waals surface area contributed by atoms with E-state index in [0.29, 0.717) is 12.6 Å². The molecule has 2 heterocycles. The first-order valence-corrected chi connectivity index (χ1v) is 12.2. The molecule has 1 unspecified atom stereocenters. The van der Waals surface area contributed by atoms with Crippen molar-refractivity contribution in [3.05, 3.63) is 29.3 Å². The minimum absolute atomic E-state index is 0.177. The molecular weight excluding hydrogens is 358 g/mol. The quantitative estimate of drug-likeness (QED) is 0.807. The molecule has 0 aliphatic carbocycles. The van der Waals surface area contributed by atoms with Gasteiger partial charge in [0.15, 0.2) is 0 Å². The smallest absolute Gasteiger partial charge is 0.211 e. The highest BCUT2D eigenvalue weighted by Crippen LogP contribution is 2.26. The Hall–Kier alpha value is -1.11. The van der Waals surface area contributed by atoms with E-state index >= 15 is 0 Å². The monoisotopic (exact) mass is 393 g/mol. The highest BCUT2D eigenvalue weighted by Gasteiger charge is 2.29. The van der Waals surface area contributed by atoms with Gasteiger partial charge in [-0.2, -0.15) is 4.31 Å². The molecule has 1 aromatic rings. The largest absolute Gasteiger partial charge is 0.371 e. The van der Waals surface area contributed by atoms with Crippen LogP contribution in [0.4, 0.5) is 5.69 Å². The molecule has 2 aliphatic rings. The van der Waals surface area contributed by atoms with Crippen LogP contribution in [0.15, 0.2) is 18.2 Å². The van der Waals surface area contributed by atoms with Gasteiger partial charge in [0, 0.05) is 37.4 Å². The Balaban J connectivity index is 1.45. The van der Waals surface area contributed by atoms with Crippen LogP contribution in [-0.4, -0.2) is 57.2 Å². The molecule has 1 aromatic carbocycles. The lowest BCUT2D eigenvalue weighted by atomic mass is 10.00. The van der Waals surface area contributed by atoms with E-state index in [1.807, 2.05) is 0 Å². The molecule has 0 amide bonds. The number of sulfonamides is 1. The number of hydrogen-bond donors (Lipinski definition) is 1. The second-order valence-corrected chi connectivity index (χ2v) is 10.2. The number of piperidine rings is 2. The van der Waals surface area contributed by atoms with Crippen molar-refractivity contribution in [3.63, 3.8) is 0 Å². The average molecular weight is 394 g/mol. The lowest BCUT2D eigenvalue weighted by Crippen LogP contribution is -2.46. The van der Waals surface area contributed by atoms with E-state index in [4.69, 9.17) is 0 Å². The predicted octanol–water partition coefficient (Wildman–Crippen LogP) is 3.07. The van der Waals surface area contributed by atoms with Crippen LogP contribution >= 0.6 is 0 Å². The Morgan fingerprint density at radius 1 is 1.07 bits per heavy atom. The first-order valence-electron chi connectivity index (χ1n) is 10.4. The summed E-state index contributed by atoms with van der Waals surface area (Å²) in [6.45, 7) is 8.16. The molecule has 2 saturated heterocycles. The van der Waals surface area contributed by atoms with Crippen LogP contribution in [0.2, 0.25) is 0 Å². The van der Waals surface area contributed by atoms with E-state index in [9.17, 15) is 8.42 Å². The van der Waals surface area contributed by atoms with Crippen molar-refractivity contribution in [2.75, 3.05) is 37.3 Å². The third-order valence-electron chi connectivity index (χ3n) is 6.32. The third kappa shape index (κ3) is 5.24. The van der Waals surface area contributed by atoms with Gasteiger partial charge in [-0.3, -0.25) is 0 Å². The van der Waals surface area contributed by atoms with Gasteiger partial charge in [-0.25, -0.2) is 8.42 Å². The van der Waals surface area contributed by atoms with E-state index < -0.39 is 10.0 Å². The van der Waals surface area contributed by atoms with Gasteiger partial charge in [-0.05, 0) is 69.7 Å². The van der Waals surface area contributed by atoms with Gasteiger partial charge in [0.2, 0.25) is 10.0 Å². The van der Waals surface area contributed by atoms with Crippen LogP contribution in [0.1, 0.15) is 49.7 Å². The van der Waals surface area contributed by atoms with E-state index in [-0.39, 0.29) is 6.04 Å². The SMILES string of the molecule is Cc1cccc(N2CCC(NCCC3CCCCN3S(C)(=O)=O)CC2)c1C. The van der Waals surface area contributed by atoms with Crippen LogP contribution in [0.3, 0.4) is 0 Å². The summed E-state index contributed by atoms with van der Waals surface area (Å²) in [7, 11) is -3.08. The molecule has 0 saturated carbocycles. The molecule has 152 valence electrons. The molecular formula is C21H35N3O2S. The number of aryl methyl sites for hydroxylation is 1. The Bertz CT molecular complexity index is 727. The van der Waals surface area contributed by atoms with Crippen LogP contribution in [0.25, 0.3) is 0 Å². The number of anilines is 1. The van der Waals surface area contributed by atoms with Crippen molar-refractivity contribution < 1.29 is 8.42 Å². The Morgan fingerprint density at radius 3 is 2.52 bits per heavy atom. The van der Waals surface area contributed by atoms with Crippen molar-refractivity contribution in [1.82, 2.24) is 9.62 Å². The molecule has 2 aliphatic heterocycles. The number of nitrogens with zero attached hydrogens (tertiary/aromatic N) is 2. The summed E-state index contributed by atoms with van der Waals surface area (Å²) in [5.74, 6) is 0. The summed E-state index contributed by atoms with van der Waals surface area (Å²) >= 11 is 0. The van der Waals surface area contributed by atoms with E-state index in [1.165, 1.54) is 23.1 Å². The highest BCUT2D eigenvalue weighted by molar-refractivity contribution is 7.88. The summed E-state index contributed by atoms with van der Waals surface area (Å²) in [4.78, 5) is 2.51. The summed E-state index contributed by atoms with van der Waals surface area (Å²) in [5.41, 5.74) is 4.12. The van der Waals surface area contributed by atoms with Crippen molar-refractivity contribution in [2.45, 2.75) is 64.5 Å². The van der Waals surface area contributed by atoms with Gasteiger partial charge in [0.1, 0.15) is 0 Å². The molecule has 1 atom stereocenters. The molecule has 0 bridgehead atoms. The zero-order valence-corrected chi connectivity index (χ0v) is 17.9. The van der Waals surface area contributed by atoms with Crippen molar-refractivity contribution >= 4 is 15.7 Å². The second kappa shape index (κ2) is 8.93. The fraction of sp³-hybridized carbons (Fsp3) is 0.714. The van der Waals surface area contributed by atoms with Gasteiger partial charge in [0.05, 0.1) is 6.26 Å². The fourth-order valence-corrected chi connectivity index (χ4v) is 5.77. The third-order valence-corrected chi connectivity index (χ3v) is 7.65. The molecule has 0 aromatic heterocycles. The lowest BCUT2D eigenvalue weighted by molar-refractivity contribution is 0.237. The molecule has 0 radical (unpaired) electrons. The number of benzene rings is 1. The summed E-state index contributed by atoms with van der Waals surface area (Å²) in [5, 5.41) is 3.69. The topological polar surface area (TPSA) is 52.6 Å². The molecule has 5 nitrogen and oxygen atoms in total. The zero-order valence-electron chi connectivity index (χ0n) is 17.1. The average Bonchev–Trinajstić information content (AvgIpc) is 2.64. The fourth-order valence-electron chi connectivity index (χ4n) is 4.56. The lowest BCUT2D eigenvalue weighted by Gasteiger charge is -2.36. The Morgan fingerprint density at radius 2 is 1.81 bits per heavy atom. The van der Waals surface area contributed by atoms with Crippen LogP contribution in [0, 0.1) is 13.8 Å². The van der Waals surface area contributed by atoms with Crippen molar-refractivity contribution in [2.24, 2.45) is 0 Å². The highest BCUT2D eigenvalue weighted by atomic mass is 32.2. The maximum Gasteiger partial charge on any atom is 0.211 e. The first-order chi connectivity index (χ1) is 12.9. The van der Waals surface area contributed by atoms with E-state index in [2.05, 4.69) is 42.3 Å². The van der Waals surface area contributed by atoms with Crippen molar-refractivity contribution in [1.29, 1.82) is 0 Å². The first kappa shape index (κ1) is 20.6. The van der Waals surface area contributed by atoms with Gasteiger partial charge in [0.25, 0.3) is 0 Å². The molecule has 27 heavy (non-hydrogen) atoms. The van der Waals surface area contributed by atoms with Crippen LogP contribution < -0.4 is 10.2 Å². The molecule has 6 heteroatoms. The summed E-state index contributed by atoms with van der Waals surface area (Å²) in [6.07, 6.45) is 7.70. The van der Waals surface area contributed by atoms with Gasteiger partial charge in [-0.15, -0.1) is 0 Å². The van der Waals surface area contributed by atoms with Gasteiger partial charge < -0.3 is 10.2 Å². The minimum atomic E-state index is -3.08. The summed E-state index contributed by atoms with van der Waals surface area (Å²) in [6, 6.07) is 7.29. The van der Waals surface area contributed by atoms with Crippen LogP contribution in [0.5, 0.6) is 0 Å². The maximum absolute atomic E-state index is 12.0. The second-order valence-electron chi connectivity index (χ2n) is 8.25. The number of nitrogens with one attached hydrogen (secondary N) is 1. The number of rotatable bonds is 6.